The van der Waals surface area contributed by atoms with Gasteiger partial charge < -0.3 is 15.3 Å². The summed E-state index contributed by atoms with van der Waals surface area (Å²) >= 11 is 0. The average molecular weight is 344 g/mol. The molecule has 3 rings (SSSR count). The number of amides is 2. The summed E-state index contributed by atoms with van der Waals surface area (Å²) in [6, 6.07) is 9.57. The lowest BCUT2D eigenvalue weighted by Gasteiger charge is -2.41. The third kappa shape index (κ3) is 4.03. The van der Waals surface area contributed by atoms with E-state index in [4.69, 9.17) is 0 Å². The first-order valence-electron chi connectivity index (χ1n) is 9.23. The van der Waals surface area contributed by atoms with Crippen LogP contribution < -0.4 is 5.32 Å². The van der Waals surface area contributed by atoms with Crippen molar-refractivity contribution in [3.05, 3.63) is 35.9 Å². The standard InChI is InChI=1S/C20H28N2O3/c1-14(23)17(21-18(24)15-8-9-15)19(25)22-12-10-20(2,11-13-22)16-6-4-3-5-7-16/h3-7,14-15,17,23H,8-13H2,1-2H3,(H,21,24). The molecular formula is C20H28N2O3. The van der Waals surface area contributed by atoms with Gasteiger partial charge in [-0.3, -0.25) is 9.59 Å². The van der Waals surface area contributed by atoms with Crippen molar-refractivity contribution >= 4 is 11.8 Å². The van der Waals surface area contributed by atoms with Gasteiger partial charge in [0.2, 0.25) is 11.8 Å². The summed E-state index contributed by atoms with van der Waals surface area (Å²) < 4.78 is 0. The van der Waals surface area contributed by atoms with Crippen LogP contribution in [0.5, 0.6) is 0 Å². The van der Waals surface area contributed by atoms with Crippen molar-refractivity contribution in [1.29, 1.82) is 0 Å². The zero-order valence-electron chi connectivity index (χ0n) is 15.1. The van der Waals surface area contributed by atoms with Gasteiger partial charge >= 0.3 is 0 Å². The Kier molecular flexibility index (Phi) is 5.13. The minimum Gasteiger partial charge on any atom is -0.391 e. The van der Waals surface area contributed by atoms with Crippen molar-refractivity contribution in [1.82, 2.24) is 10.2 Å². The second-order valence-electron chi connectivity index (χ2n) is 7.75. The van der Waals surface area contributed by atoms with Crippen molar-refractivity contribution in [3.63, 3.8) is 0 Å². The third-order valence-electron chi connectivity index (χ3n) is 5.64. The molecule has 1 saturated carbocycles. The van der Waals surface area contributed by atoms with Crippen molar-refractivity contribution in [2.75, 3.05) is 13.1 Å². The van der Waals surface area contributed by atoms with Gasteiger partial charge in [-0.15, -0.1) is 0 Å². The van der Waals surface area contributed by atoms with E-state index >= 15 is 0 Å². The van der Waals surface area contributed by atoms with Gasteiger partial charge in [-0.1, -0.05) is 37.3 Å². The summed E-state index contributed by atoms with van der Waals surface area (Å²) in [5.41, 5.74) is 1.37. The van der Waals surface area contributed by atoms with Crippen LogP contribution in [0.1, 0.15) is 45.1 Å². The number of nitrogens with zero attached hydrogens (tertiary/aromatic N) is 1. The highest BCUT2D eigenvalue weighted by Gasteiger charge is 2.38. The highest BCUT2D eigenvalue weighted by molar-refractivity contribution is 5.89. The van der Waals surface area contributed by atoms with E-state index in [0.29, 0.717) is 13.1 Å². The molecule has 2 fully saturated rings. The Bertz CT molecular complexity index is 617. The molecule has 1 saturated heterocycles. The largest absolute Gasteiger partial charge is 0.391 e. The third-order valence-corrected chi connectivity index (χ3v) is 5.64. The SMILES string of the molecule is CC(O)C(NC(=O)C1CC1)C(=O)N1CCC(C)(c2ccccc2)CC1. The van der Waals surface area contributed by atoms with E-state index in [1.54, 1.807) is 11.8 Å². The molecule has 2 N–H and O–H groups in total. The molecule has 2 aliphatic rings. The summed E-state index contributed by atoms with van der Waals surface area (Å²) in [5.74, 6) is -0.249. The molecule has 0 aromatic heterocycles. The van der Waals surface area contributed by atoms with E-state index < -0.39 is 12.1 Å². The molecule has 2 unspecified atom stereocenters. The Balaban J connectivity index is 1.62. The first-order chi connectivity index (χ1) is 11.9. The number of hydrogen-bond donors (Lipinski definition) is 2. The van der Waals surface area contributed by atoms with Gasteiger partial charge in [0.1, 0.15) is 6.04 Å². The van der Waals surface area contributed by atoms with Gasteiger partial charge in [-0.05, 0) is 43.6 Å². The van der Waals surface area contributed by atoms with Crippen LogP contribution >= 0.6 is 0 Å². The molecule has 0 bridgehead atoms. The fraction of sp³-hybridized carbons (Fsp3) is 0.600. The molecule has 1 heterocycles. The second-order valence-corrected chi connectivity index (χ2v) is 7.75. The van der Waals surface area contributed by atoms with Gasteiger partial charge in [0.15, 0.2) is 0 Å². The molecular weight excluding hydrogens is 316 g/mol. The Hall–Kier alpha value is -1.88. The molecule has 1 aromatic carbocycles. The Labute approximate surface area is 149 Å². The normalized spacial score (nSPS) is 22.1. The summed E-state index contributed by atoms with van der Waals surface area (Å²) in [4.78, 5) is 26.6. The van der Waals surface area contributed by atoms with Crippen LogP contribution in [-0.4, -0.2) is 47.1 Å². The van der Waals surface area contributed by atoms with E-state index in [0.717, 1.165) is 25.7 Å². The summed E-state index contributed by atoms with van der Waals surface area (Å²) in [5, 5.41) is 12.7. The average Bonchev–Trinajstić information content (AvgIpc) is 3.45. The Morgan fingerprint density at radius 3 is 2.32 bits per heavy atom. The molecule has 1 aliphatic heterocycles. The molecule has 2 amide bonds. The molecule has 25 heavy (non-hydrogen) atoms. The molecule has 136 valence electrons. The number of rotatable bonds is 5. The quantitative estimate of drug-likeness (QED) is 0.856. The van der Waals surface area contributed by atoms with Crippen LogP contribution in [-0.2, 0) is 15.0 Å². The van der Waals surface area contributed by atoms with Crippen molar-refractivity contribution in [2.24, 2.45) is 5.92 Å². The minimum atomic E-state index is -0.891. The van der Waals surface area contributed by atoms with E-state index in [2.05, 4.69) is 36.5 Å². The maximum absolute atomic E-state index is 12.8. The fourth-order valence-electron chi connectivity index (χ4n) is 3.55. The number of hydrogen-bond acceptors (Lipinski definition) is 3. The smallest absolute Gasteiger partial charge is 0.247 e. The number of benzene rings is 1. The first-order valence-corrected chi connectivity index (χ1v) is 9.23. The molecule has 2 atom stereocenters. The maximum atomic E-state index is 12.8. The van der Waals surface area contributed by atoms with Crippen LogP contribution in [0.2, 0.25) is 0 Å². The van der Waals surface area contributed by atoms with Gasteiger partial charge in [-0.2, -0.15) is 0 Å². The lowest BCUT2D eigenvalue weighted by Crippen LogP contribution is -2.56. The fourth-order valence-corrected chi connectivity index (χ4v) is 3.55. The van der Waals surface area contributed by atoms with E-state index in [9.17, 15) is 14.7 Å². The van der Waals surface area contributed by atoms with Gasteiger partial charge in [0.05, 0.1) is 6.10 Å². The number of aliphatic hydroxyl groups is 1. The molecule has 5 nitrogen and oxygen atoms in total. The highest BCUT2D eigenvalue weighted by atomic mass is 16.3. The molecule has 0 spiro atoms. The Morgan fingerprint density at radius 2 is 1.80 bits per heavy atom. The van der Waals surface area contributed by atoms with Gasteiger partial charge in [0.25, 0.3) is 0 Å². The zero-order valence-corrected chi connectivity index (χ0v) is 15.1. The summed E-state index contributed by atoms with van der Waals surface area (Å²) in [7, 11) is 0. The van der Waals surface area contributed by atoms with Crippen molar-refractivity contribution < 1.29 is 14.7 Å². The summed E-state index contributed by atoms with van der Waals surface area (Å²) in [6.45, 7) is 5.10. The van der Waals surface area contributed by atoms with Crippen LogP contribution in [0.25, 0.3) is 0 Å². The van der Waals surface area contributed by atoms with Gasteiger partial charge in [-0.25, -0.2) is 0 Å². The lowest BCUT2D eigenvalue weighted by atomic mass is 9.74. The lowest BCUT2D eigenvalue weighted by molar-refractivity contribution is -0.141. The second kappa shape index (κ2) is 7.16. The molecule has 1 aromatic rings. The van der Waals surface area contributed by atoms with Crippen LogP contribution in [0.4, 0.5) is 0 Å². The minimum absolute atomic E-state index is 0.0248. The number of nitrogens with one attached hydrogen (secondary N) is 1. The monoisotopic (exact) mass is 344 g/mol. The number of likely N-dealkylation sites (tertiary alicyclic amines) is 1. The first kappa shape index (κ1) is 17.9. The topological polar surface area (TPSA) is 69.6 Å². The van der Waals surface area contributed by atoms with Crippen molar-refractivity contribution in [2.45, 2.75) is 57.1 Å². The van der Waals surface area contributed by atoms with Crippen LogP contribution in [0.3, 0.4) is 0 Å². The predicted molar refractivity (Wildman–Crippen MR) is 95.9 cm³/mol. The van der Waals surface area contributed by atoms with Gasteiger partial charge in [0, 0.05) is 19.0 Å². The van der Waals surface area contributed by atoms with Crippen LogP contribution in [0.15, 0.2) is 30.3 Å². The maximum Gasteiger partial charge on any atom is 0.247 e. The highest BCUT2D eigenvalue weighted by Crippen LogP contribution is 2.35. The predicted octanol–water partition coefficient (Wildman–Crippen LogP) is 1.84. The van der Waals surface area contributed by atoms with E-state index in [-0.39, 0.29) is 23.1 Å². The number of aliphatic hydroxyl groups excluding tert-OH is 1. The van der Waals surface area contributed by atoms with E-state index in [1.165, 1.54) is 5.56 Å². The number of carbonyl (C=O) groups excluding carboxylic acids is 2. The Morgan fingerprint density at radius 1 is 1.20 bits per heavy atom. The zero-order chi connectivity index (χ0) is 18.0. The van der Waals surface area contributed by atoms with E-state index in [1.807, 2.05) is 6.07 Å². The van der Waals surface area contributed by atoms with Crippen molar-refractivity contribution in [3.8, 4) is 0 Å². The number of piperidine rings is 1. The molecule has 5 heteroatoms. The molecule has 1 aliphatic carbocycles. The number of carbonyl (C=O) groups is 2. The molecule has 0 radical (unpaired) electrons. The van der Waals surface area contributed by atoms with Crippen LogP contribution in [0, 0.1) is 5.92 Å². The summed E-state index contributed by atoms with van der Waals surface area (Å²) in [6.07, 6.45) is 2.63.